The first kappa shape index (κ1) is 12.0. The highest BCUT2D eigenvalue weighted by atomic mass is 16.2. The van der Waals surface area contributed by atoms with Crippen molar-refractivity contribution in [2.75, 3.05) is 0 Å². The predicted molar refractivity (Wildman–Crippen MR) is 63.8 cm³/mol. The first-order valence-electron chi connectivity index (χ1n) is 5.99. The van der Waals surface area contributed by atoms with Gasteiger partial charge in [-0.2, -0.15) is 0 Å². The van der Waals surface area contributed by atoms with Gasteiger partial charge in [0.15, 0.2) is 0 Å². The number of hydrogen-bond acceptors (Lipinski definition) is 4. The Kier molecular flexibility index (Phi) is 3.68. The second-order valence-electron chi connectivity index (χ2n) is 4.64. The van der Waals surface area contributed by atoms with Crippen molar-refractivity contribution in [2.45, 2.75) is 38.5 Å². The molecule has 0 saturated heterocycles. The van der Waals surface area contributed by atoms with Crippen molar-refractivity contribution in [3.8, 4) is 0 Å². The summed E-state index contributed by atoms with van der Waals surface area (Å²) in [6.45, 7) is 1.95. The molecule has 2 rings (SSSR count). The number of aryl methyl sites for hydroxylation is 1. The Labute approximate surface area is 101 Å². The Morgan fingerprint density at radius 3 is 2.65 bits per heavy atom. The van der Waals surface area contributed by atoms with E-state index in [0.717, 1.165) is 37.1 Å². The molecule has 1 heterocycles. The quantitative estimate of drug-likeness (QED) is 0.455. The first-order valence-corrected chi connectivity index (χ1v) is 5.99. The molecule has 3 N–H and O–H groups in total. The molecule has 92 valence electrons. The largest absolute Gasteiger partial charge is 0.294 e. The van der Waals surface area contributed by atoms with Gasteiger partial charge in [0.05, 0.1) is 11.4 Å². The molecule has 1 saturated carbocycles. The molecule has 0 radical (unpaired) electrons. The van der Waals surface area contributed by atoms with E-state index < -0.39 is 0 Å². The van der Waals surface area contributed by atoms with E-state index in [1.54, 1.807) is 6.20 Å². The summed E-state index contributed by atoms with van der Waals surface area (Å²) in [5, 5.41) is 0. The third kappa shape index (κ3) is 2.79. The van der Waals surface area contributed by atoms with E-state index in [-0.39, 0.29) is 11.8 Å². The second kappa shape index (κ2) is 5.23. The lowest BCUT2D eigenvalue weighted by Gasteiger charge is -2.26. The summed E-state index contributed by atoms with van der Waals surface area (Å²) in [6, 6.07) is 0. The van der Waals surface area contributed by atoms with Crippen molar-refractivity contribution in [1.82, 2.24) is 15.4 Å². The average Bonchev–Trinajstić information content (AvgIpc) is 2.38. The number of carbonyl (C=O) groups is 1. The van der Waals surface area contributed by atoms with Gasteiger partial charge in [-0.3, -0.25) is 20.2 Å². The predicted octanol–water partition coefficient (Wildman–Crippen LogP) is 1.05. The molecule has 0 aromatic carbocycles. The number of nitrogens with two attached hydrogens (primary N) is 1. The molecule has 1 aliphatic rings. The molecule has 0 atom stereocenters. The molecule has 0 bridgehead atoms. The lowest BCUT2D eigenvalue weighted by atomic mass is 9.80. The summed E-state index contributed by atoms with van der Waals surface area (Å²) in [4.78, 5) is 20.1. The Morgan fingerprint density at radius 1 is 1.35 bits per heavy atom. The molecule has 1 aromatic heterocycles. The summed E-state index contributed by atoms with van der Waals surface area (Å²) in [5.74, 6) is 5.60. The van der Waals surface area contributed by atoms with Gasteiger partial charge in [0.1, 0.15) is 0 Å². The van der Waals surface area contributed by atoms with Crippen LogP contribution in [0.15, 0.2) is 12.4 Å². The van der Waals surface area contributed by atoms with Crippen LogP contribution < -0.4 is 11.3 Å². The molecule has 0 unspecified atom stereocenters. The van der Waals surface area contributed by atoms with Gasteiger partial charge in [0, 0.05) is 24.2 Å². The molecule has 1 amide bonds. The van der Waals surface area contributed by atoms with Crippen molar-refractivity contribution in [3.63, 3.8) is 0 Å². The molecule has 5 heteroatoms. The van der Waals surface area contributed by atoms with E-state index in [4.69, 9.17) is 5.84 Å². The van der Waals surface area contributed by atoms with Crippen molar-refractivity contribution in [2.24, 2.45) is 11.8 Å². The standard InChI is InChI=1S/C12H18N4O/c1-8-6-14-7-11(15-8)9-2-4-10(5-3-9)12(17)16-13/h6-7,9-10H,2-5,13H2,1H3,(H,16,17)/t9-,10-. The highest BCUT2D eigenvalue weighted by molar-refractivity contribution is 5.78. The normalized spacial score (nSPS) is 24.4. The van der Waals surface area contributed by atoms with Crippen LogP contribution in [0.1, 0.15) is 43.0 Å². The fourth-order valence-electron chi connectivity index (χ4n) is 2.45. The number of nitrogens with one attached hydrogen (secondary N) is 1. The minimum atomic E-state index is -0.0428. The fourth-order valence-corrected chi connectivity index (χ4v) is 2.45. The van der Waals surface area contributed by atoms with E-state index in [1.807, 2.05) is 13.1 Å². The number of hydrogen-bond donors (Lipinski definition) is 2. The molecule has 0 spiro atoms. The van der Waals surface area contributed by atoms with E-state index >= 15 is 0 Å². The maximum absolute atomic E-state index is 11.4. The van der Waals surface area contributed by atoms with E-state index in [1.165, 1.54) is 0 Å². The first-order chi connectivity index (χ1) is 8.20. The Balaban J connectivity index is 1.97. The van der Waals surface area contributed by atoms with Crippen molar-refractivity contribution >= 4 is 5.91 Å². The molecule has 0 aliphatic heterocycles. The van der Waals surface area contributed by atoms with Gasteiger partial charge in [0.25, 0.3) is 0 Å². The third-order valence-electron chi connectivity index (χ3n) is 3.43. The number of carbonyl (C=O) groups excluding carboxylic acids is 1. The van der Waals surface area contributed by atoms with Gasteiger partial charge in [-0.25, -0.2) is 5.84 Å². The van der Waals surface area contributed by atoms with Gasteiger partial charge in [-0.1, -0.05) is 0 Å². The van der Waals surface area contributed by atoms with Gasteiger partial charge in [-0.05, 0) is 32.6 Å². The van der Waals surface area contributed by atoms with Crippen LogP contribution >= 0.6 is 0 Å². The zero-order valence-electron chi connectivity index (χ0n) is 10.0. The van der Waals surface area contributed by atoms with Crippen LogP contribution in [0.25, 0.3) is 0 Å². The number of rotatable bonds is 2. The van der Waals surface area contributed by atoms with Crippen molar-refractivity contribution < 1.29 is 4.79 Å². The van der Waals surface area contributed by atoms with Crippen LogP contribution in [-0.4, -0.2) is 15.9 Å². The third-order valence-corrected chi connectivity index (χ3v) is 3.43. The number of amides is 1. The van der Waals surface area contributed by atoms with Crippen LogP contribution in [0.2, 0.25) is 0 Å². The summed E-state index contributed by atoms with van der Waals surface area (Å²) in [7, 11) is 0. The topological polar surface area (TPSA) is 80.9 Å². The fraction of sp³-hybridized carbons (Fsp3) is 0.583. The lowest BCUT2D eigenvalue weighted by Crippen LogP contribution is -2.37. The van der Waals surface area contributed by atoms with Gasteiger partial charge < -0.3 is 0 Å². The molecular formula is C12H18N4O. The number of nitrogens with zero attached hydrogens (tertiary/aromatic N) is 2. The second-order valence-corrected chi connectivity index (χ2v) is 4.64. The van der Waals surface area contributed by atoms with Crippen LogP contribution in [0.3, 0.4) is 0 Å². The van der Waals surface area contributed by atoms with Crippen LogP contribution in [0.5, 0.6) is 0 Å². The molecule has 1 aromatic rings. The Bertz CT molecular complexity index is 399. The minimum absolute atomic E-state index is 0.0428. The zero-order chi connectivity index (χ0) is 12.3. The Morgan fingerprint density at radius 2 is 2.06 bits per heavy atom. The summed E-state index contributed by atoms with van der Waals surface area (Å²) >= 11 is 0. The maximum Gasteiger partial charge on any atom is 0.236 e. The highest BCUT2D eigenvalue weighted by Crippen LogP contribution is 2.34. The van der Waals surface area contributed by atoms with Crippen LogP contribution in [0.4, 0.5) is 0 Å². The van der Waals surface area contributed by atoms with Gasteiger partial charge >= 0.3 is 0 Å². The summed E-state index contributed by atoms with van der Waals surface area (Å²) < 4.78 is 0. The SMILES string of the molecule is Cc1cncc([C@H]2CC[C@H](C(=O)NN)CC2)n1. The number of aromatic nitrogens is 2. The van der Waals surface area contributed by atoms with Crippen LogP contribution in [0, 0.1) is 12.8 Å². The lowest BCUT2D eigenvalue weighted by molar-refractivity contribution is -0.126. The van der Waals surface area contributed by atoms with E-state index in [9.17, 15) is 4.79 Å². The number of hydrazine groups is 1. The highest BCUT2D eigenvalue weighted by Gasteiger charge is 2.27. The summed E-state index contributed by atoms with van der Waals surface area (Å²) in [6.07, 6.45) is 7.32. The molecular weight excluding hydrogens is 216 g/mol. The molecule has 1 fully saturated rings. The molecule has 1 aliphatic carbocycles. The Hall–Kier alpha value is -1.49. The zero-order valence-corrected chi connectivity index (χ0v) is 10.0. The van der Waals surface area contributed by atoms with E-state index in [2.05, 4.69) is 15.4 Å². The van der Waals surface area contributed by atoms with E-state index in [0.29, 0.717) is 5.92 Å². The maximum atomic E-state index is 11.4. The van der Waals surface area contributed by atoms with Crippen molar-refractivity contribution in [3.05, 3.63) is 23.8 Å². The monoisotopic (exact) mass is 234 g/mol. The molecule has 5 nitrogen and oxygen atoms in total. The van der Waals surface area contributed by atoms with Gasteiger partial charge in [0.2, 0.25) is 5.91 Å². The smallest absolute Gasteiger partial charge is 0.236 e. The minimum Gasteiger partial charge on any atom is -0.294 e. The average molecular weight is 234 g/mol. The van der Waals surface area contributed by atoms with Gasteiger partial charge in [-0.15, -0.1) is 0 Å². The summed E-state index contributed by atoms with van der Waals surface area (Å²) in [5.41, 5.74) is 4.23. The molecule has 17 heavy (non-hydrogen) atoms. The van der Waals surface area contributed by atoms with Crippen LogP contribution in [-0.2, 0) is 4.79 Å². The van der Waals surface area contributed by atoms with Crippen molar-refractivity contribution in [1.29, 1.82) is 0 Å².